The molecule has 0 radical (unpaired) electrons. The Morgan fingerprint density at radius 1 is 1.04 bits per heavy atom. The van der Waals surface area contributed by atoms with Gasteiger partial charge >= 0.3 is 0 Å². The normalized spacial score (nSPS) is 10.4. The number of pyridine rings is 1. The van der Waals surface area contributed by atoms with Crippen LogP contribution in [-0.4, -0.2) is 29.4 Å². The van der Waals surface area contributed by atoms with E-state index >= 15 is 0 Å². The van der Waals surface area contributed by atoms with Crippen LogP contribution in [0.15, 0.2) is 72.9 Å². The summed E-state index contributed by atoms with van der Waals surface area (Å²) in [6, 6.07) is 21.3. The molecule has 3 aromatic rings. The zero-order valence-corrected chi connectivity index (χ0v) is 16.0. The monoisotopic (exact) mass is 379 g/mol. The maximum atomic E-state index is 12.7. The van der Waals surface area contributed by atoms with Gasteiger partial charge in [0.1, 0.15) is 5.82 Å². The van der Waals surface area contributed by atoms with Gasteiger partial charge < -0.3 is 10.2 Å². The summed E-state index contributed by atoms with van der Waals surface area (Å²) in [7, 11) is 1.81. The maximum absolute atomic E-state index is 12.7. The average molecular weight is 380 g/mol. The smallest absolute Gasteiger partial charge is 0.254 e. The number of rotatable bonds is 7. The molecule has 2 aromatic carbocycles. The highest BCUT2D eigenvalue weighted by Gasteiger charge is 2.13. The van der Waals surface area contributed by atoms with Crippen molar-refractivity contribution in [3.8, 4) is 0 Å². The van der Waals surface area contributed by atoms with Gasteiger partial charge in [-0.25, -0.2) is 4.98 Å². The highest BCUT2D eigenvalue weighted by Crippen LogP contribution is 2.13. The van der Waals surface area contributed by atoms with Crippen molar-refractivity contribution in [2.24, 2.45) is 0 Å². The van der Waals surface area contributed by atoms with Gasteiger partial charge in [-0.05, 0) is 41.8 Å². The van der Waals surface area contributed by atoms with E-state index in [1.54, 1.807) is 23.2 Å². The lowest BCUT2D eigenvalue weighted by Gasteiger charge is -2.17. The number of carbonyl (C=O) groups is 1. The fourth-order valence-electron chi connectivity index (χ4n) is 2.84. The molecule has 0 saturated heterocycles. The molecular formula is C22H22ClN3O. The lowest BCUT2D eigenvalue weighted by atomic mass is 10.1. The Balaban J connectivity index is 1.58. The van der Waals surface area contributed by atoms with E-state index in [4.69, 9.17) is 11.6 Å². The molecular weight excluding hydrogens is 358 g/mol. The second-order valence-corrected chi connectivity index (χ2v) is 6.82. The van der Waals surface area contributed by atoms with Gasteiger partial charge in [-0.3, -0.25) is 4.79 Å². The molecule has 3 rings (SSSR count). The summed E-state index contributed by atoms with van der Waals surface area (Å²) < 4.78 is 0. The van der Waals surface area contributed by atoms with Gasteiger partial charge in [0.25, 0.3) is 5.91 Å². The topological polar surface area (TPSA) is 45.2 Å². The van der Waals surface area contributed by atoms with Gasteiger partial charge in [0.2, 0.25) is 0 Å². The van der Waals surface area contributed by atoms with E-state index in [-0.39, 0.29) is 5.91 Å². The lowest BCUT2D eigenvalue weighted by Crippen LogP contribution is -2.26. The molecule has 0 unspecified atom stereocenters. The summed E-state index contributed by atoms with van der Waals surface area (Å²) in [4.78, 5) is 18.7. The van der Waals surface area contributed by atoms with E-state index in [2.05, 4.69) is 10.3 Å². The minimum absolute atomic E-state index is 0.0286. The Labute approximate surface area is 164 Å². The summed E-state index contributed by atoms with van der Waals surface area (Å²) in [5, 5.41) is 4.01. The first-order valence-electron chi connectivity index (χ1n) is 8.85. The number of anilines is 1. The van der Waals surface area contributed by atoms with Crippen LogP contribution in [0.3, 0.4) is 0 Å². The Morgan fingerprint density at radius 2 is 1.81 bits per heavy atom. The van der Waals surface area contributed by atoms with Crippen molar-refractivity contribution in [2.45, 2.75) is 13.0 Å². The van der Waals surface area contributed by atoms with Crippen molar-refractivity contribution < 1.29 is 4.79 Å². The minimum Gasteiger partial charge on any atom is -0.370 e. The van der Waals surface area contributed by atoms with E-state index < -0.39 is 0 Å². The fraction of sp³-hybridized carbons (Fsp3) is 0.182. The largest absolute Gasteiger partial charge is 0.370 e. The molecule has 0 aliphatic carbocycles. The van der Waals surface area contributed by atoms with E-state index in [9.17, 15) is 4.79 Å². The van der Waals surface area contributed by atoms with Crippen LogP contribution in [0.5, 0.6) is 0 Å². The van der Waals surface area contributed by atoms with Crippen molar-refractivity contribution in [1.29, 1.82) is 0 Å². The number of nitrogens with one attached hydrogen (secondary N) is 1. The first-order chi connectivity index (χ1) is 13.1. The molecule has 138 valence electrons. The van der Waals surface area contributed by atoms with Gasteiger partial charge in [-0.1, -0.05) is 54.1 Å². The van der Waals surface area contributed by atoms with E-state index in [0.29, 0.717) is 24.5 Å². The molecule has 5 heteroatoms. The third kappa shape index (κ3) is 5.56. The van der Waals surface area contributed by atoms with Crippen molar-refractivity contribution >= 4 is 23.3 Å². The molecule has 4 nitrogen and oxygen atoms in total. The molecule has 0 aliphatic rings. The highest BCUT2D eigenvalue weighted by atomic mass is 35.5. The number of carbonyl (C=O) groups excluding carboxylic acids is 1. The van der Waals surface area contributed by atoms with Crippen molar-refractivity contribution in [2.75, 3.05) is 18.9 Å². The van der Waals surface area contributed by atoms with Crippen LogP contribution in [0.25, 0.3) is 0 Å². The standard InChI is InChI=1S/C22H22ClN3O/c1-26(16-18-6-3-2-4-7-18)22(27)19-11-13-25-21(15-19)24-12-10-17-8-5-9-20(23)14-17/h2-9,11,13-15H,10,12,16H2,1H3,(H,24,25). The number of nitrogens with zero attached hydrogens (tertiary/aromatic N) is 2. The summed E-state index contributed by atoms with van der Waals surface area (Å²) in [5.41, 5.74) is 2.88. The van der Waals surface area contributed by atoms with Gasteiger partial charge in [0, 0.05) is 36.9 Å². The Kier molecular flexibility index (Phi) is 6.44. The molecule has 0 fully saturated rings. The van der Waals surface area contributed by atoms with Crippen LogP contribution >= 0.6 is 11.6 Å². The van der Waals surface area contributed by atoms with Gasteiger partial charge in [-0.2, -0.15) is 0 Å². The van der Waals surface area contributed by atoms with E-state index in [1.165, 1.54) is 0 Å². The molecule has 1 N–H and O–H groups in total. The molecule has 0 spiro atoms. The van der Waals surface area contributed by atoms with Gasteiger partial charge in [0.05, 0.1) is 0 Å². The van der Waals surface area contributed by atoms with Crippen molar-refractivity contribution in [3.63, 3.8) is 0 Å². The van der Waals surface area contributed by atoms with E-state index in [0.717, 1.165) is 22.6 Å². The minimum atomic E-state index is -0.0286. The molecule has 1 heterocycles. The molecule has 0 aliphatic heterocycles. The number of hydrogen-bond acceptors (Lipinski definition) is 3. The zero-order valence-electron chi connectivity index (χ0n) is 15.2. The highest BCUT2D eigenvalue weighted by molar-refractivity contribution is 6.30. The van der Waals surface area contributed by atoms with Crippen LogP contribution < -0.4 is 5.32 Å². The van der Waals surface area contributed by atoms with Crippen LogP contribution in [0.2, 0.25) is 5.02 Å². The predicted molar refractivity (Wildman–Crippen MR) is 110 cm³/mol. The molecule has 0 bridgehead atoms. The number of amides is 1. The first-order valence-corrected chi connectivity index (χ1v) is 9.23. The Morgan fingerprint density at radius 3 is 2.59 bits per heavy atom. The average Bonchev–Trinajstić information content (AvgIpc) is 2.68. The molecule has 0 saturated carbocycles. The number of benzene rings is 2. The fourth-order valence-corrected chi connectivity index (χ4v) is 3.05. The number of halogens is 1. The van der Waals surface area contributed by atoms with Gasteiger partial charge in [-0.15, -0.1) is 0 Å². The summed E-state index contributed by atoms with van der Waals surface area (Å²) in [6.07, 6.45) is 2.49. The second kappa shape index (κ2) is 9.19. The molecule has 27 heavy (non-hydrogen) atoms. The quantitative estimate of drug-likeness (QED) is 0.649. The van der Waals surface area contributed by atoms with E-state index in [1.807, 2.05) is 61.6 Å². The molecule has 1 aromatic heterocycles. The van der Waals surface area contributed by atoms with Crippen LogP contribution in [0, 0.1) is 0 Å². The van der Waals surface area contributed by atoms with Crippen molar-refractivity contribution in [1.82, 2.24) is 9.88 Å². The molecule has 1 amide bonds. The number of hydrogen-bond donors (Lipinski definition) is 1. The van der Waals surface area contributed by atoms with Crippen LogP contribution in [-0.2, 0) is 13.0 Å². The second-order valence-electron chi connectivity index (χ2n) is 6.38. The van der Waals surface area contributed by atoms with Gasteiger partial charge in [0.15, 0.2) is 0 Å². The first kappa shape index (κ1) is 18.9. The SMILES string of the molecule is CN(Cc1ccccc1)C(=O)c1ccnc(NCCc2cccc(Cl)c2)c1. The third-order valence-electron chi connectivity index (χ3n) is 4.22. The zero-order chi connectivity index (χ0) is 19.1. The van der Waals surface area contributed by atoms with Crippen LogP contribution in [0.4, 0.5) is 5.82 Å². The summed E-state index contributed by atoms with van der Waals surface area (Å²) >= 11 is 6.01. The predicted octanol–water partition coefficient (Wildman–Crippen LogP) is 4.66. The third-order valence-corrected chi connectivity index (χ3v) is 4.46. The molecule has 0 atom stereocenters. The van der Waals surface area contributed by atoms with Crippen LogP contribution in [0.1, 0.15) is 21.5 Å². The van der Waals surface area contributed by atoms with Crippen molar-refractivity contribution in [3.05, 3.63) is 94.6 Å². The number of aromatic nitrogens is 1. The Bertz CT molecular complexity index is 899. The Hall–Kier alpha value is -2.85. The maximum Gasteiger partial charge on any atom is 0.254 e. The summed E-state index contributed by atoms with van der Waals surface area (Å²) in [5.74, 6) is 0.662. The summed E-state index contributed by atoms with van der Waals surface area (Å²) in [6.45, 7) is 1.28. The lowest BCUT2D eigenvalue weighted by molar-refractivity contribution is 0.0785.